The maximum atomic E-state index is 13.1. The van der Waals surface area contributed by atoms with E-state index in [1.165, 1.54) is 6.07 Å². The molecule has 0 radical (unpaired) electrons. The normalized spacial score (nSPS) is 12.0. The molecule has 0 amide bonds. The van der Waals surface area contributed by atoms with Crippen molar-refractivity contribution in [2.75, 3.05) is 30.9 Å². The van der Waals surface area contributed by atoms with Crippen molar-refractivity contribution in [3.05, 3.63) is 59.7 Å². The van der Waals surface area contributed by atoms with Crippen LogP contribution in [0, 0.1) is 11.6 Å². The first-order valence-corrected chi connectivity index (χ1v) is 6.61. The molecule has 21 heavy (non-hydrogen) atoms. The summed E-state index contributed by atoms with van der Waals surface area (Å²) in [6.07, 6.45) is -0.909. The average molecular weight is 292 g/mol. The van der Waals surface area contributed by atoms with Gasteiger partial charge in [0.25, 0.3) is 0 Å². The maximum absolute atomic E-state index is 13.1. The van der Waals surface area contributed by atoms with Gasteiger partial charge in [0.15, 0.2) is 11.6 Å². The van der Waals surface area contributed by atoms with Gasteiger partial charge in [-0.15, -0.1) is 0 Å². The quantitative estimate of drug-likeness (QED) is 0.888. The molecule has 2 N–H and O–H groups in total. The fraction of sp³-hybridized carbons (Fsp3) is 0.250. The van der Waals surface area contributed by atoms with Crippen LogP contribution in [0.1, 0.15) is 11.7 Å². The van der Waals surface area contributed by atoms with Gasteiger partial charge in [-0.05, 0) is 42.0 Å². The van der Waals surface area contributed by atoms with E-state index in [1.807, 2.05) is 43.3 Å². The molecule has 0 aliphatic carbocycles. The molecular formula is C16H18F2N2O. The SMILES string of the molecule is CN(C)c1ccc(NCC(O)c2ccc(F)c(F)c2)cc1. The van der Waals surface area contributed by atoms with Crippen LogP contribution < -0.4 is 10.2 Å². The average Bonchev–Trinajstić information content (AvgIpc) is 2.48. The highest BCUT2D eigenvalue weighted by Gasteiger charge is 2.10. The van der Waals surface area contributed by atoms with Crippen molar-refractivity contribution in [3.63, 3.8) is 0 Å². The van der Waals surface area contributed by atoms with Crippen LogP contribution in [0.4, 0.5) is 20.2 Å². The molecule has 2 rings (SSSR count). The minimum absolute atomic E-state index is 0.215. The van der Waals surface area contributed by atoms with Gasteiger partial charge in [-0.1, -0.05) is 6.07 Å². The largest absolute Gasteiger partial charge is 0.387 e. The van der Waals surface area contributed by atoms with Gasteiger partial charge in [-0.2, -0.15) is 0 Å². The Bertz CT molecular complexity index is 600. The van der Waals surface area contributed by atoms with Crippen LogP contribution >= 0.6 is 0 Å². The van der Waals surface area contributed by atoms with Gasteiger partial charge in [0.05, 0.1) is 6.10 Å². The van der Waals surface area contributed by atoms with E-state index >= 15 is 0 Å². The van der Waals surface area contributed by atoms with Gasteiger partial charge in [0.1, 0.15) is 0 Å². The number of rotatable bonds is 5. The van der Waals surface area contributed by atoms with E-state index in [0.29, 0.717) is 5.56 Å². The lowest BCUT2D eigenvalue weighted by molar-refractivity contribution is 0.191. The van der Waals surface area contributed by atoms with E-state index in [1.54, 1.807) is 0 Å². The third kappa shape index (κ3) is 3.92. The van der Waals surface area contributed by atoms with Gasteiger partial charge in [-0.25, -0.2) is 8.78 Å². The topological polar surface area (TPSA) is 35.5 Å². The summed E-state index contributed by atoms with van der Waals surface area (Å²) in [7, 11) is 3.91. The summed E-state index contributed by atoms with van der Waals surface area (Å²) in [6, 6.07) is 11.1. The zero-order valence-corrected chi connectivity index (χ0v) is 12.0. The molecule has 0 fully saturated rings. The van der Waals surface area contributed by atoms with Gasteiger partial charge in [0.2, 0.25) is 0 Å². The molecule has 0 bridgehead atoms. The van der Waals surface area contributed by atoms with Crippen molar-refractivity contribution in [2.24, 2.45) is 0 Å². The summed E-state index contributed by atoms with van der Waals surface area (Å²) in [5.74, 6) is -1.87. The number of aliphatic hydroxyl groups is 1. The monoisotopic (exact) mass is 292 g/mol. The Morgan fingerprint density at radius 1 is 1.05 bits per heavy atom. The second-order valence-corrected chi connectivity index (χ2v) is 5.01. The van der Waals surface area contributed by atoms with Crippen molar-refractivity contribution in [1.82, 2.24) is 0 Å². The third-order valence-electron chi connectivity index (χ3n) is 3.21. The second kappa shape index (κ2) is 6.54. The highest BCUT2D eigenvalue weighted by atomic mass is 19.2. The Morgan fingerprint density at radius 3 is 2.29 bits per heavy atom. The number of benzene rings is 2. The van der Waals surface area contributed by atoms with Gasteiger partial charge in [0, 0.05) is 32.0 Å². The van der Waals surface area contributed by atoms with Crippen LogP contribution in [0.25, 0.3) is 0 Å². The van der Waals surface area contributed by atoms with E-state index in [2.05, 4.69) is 5.32 Å². The molecule has 0 aliphatic rings. The molecule has 1 atom stereocenters. The lowest BCUT2D eigenvalue weighted by atomic mass is 10.1. The van der Waals surface area contributed by atoms with Crippen molar-refractivity contribution in [2.45, 2.75) is 6.10 Å². The van der Waals surface area contributed by atoms with Gasteiger partial charge >= 0.3 is 0 Å². The molecule has 0 aliphatic heterocycles. The van der Waals surface area contributed by atoms with Crippen LogP contribution in [0.5, 0.6) is 0 Å². The van der Waals surface area contributed by atoms with Crippen LogP contribution in [0.3, 0.4) is 0 Å². The molecule has 0 saturated carbocycles. The first kappa shape index (κ1) is 15.3. The van der Waals surface area contributed by atoms with Gasteiger partial charge in [-0.3, -0.25) is 0 Å². The van der Waals surface area contributed by atoms with Crippen molar-refractivity contribution in [3.8, 4) is 0 Å². The summed E-state index contributed by atoms with van der Waals surface area (Å²) in [5.41, 5.74) is 2.26. The molecule has 0 heterocycles. The molecular weight excluding hydrogens is 274 g/mol. The molecule has 5 heteroatoms. The van der Waals surface area contributed by atoms with Crippen LogP contribution in [0.15, 0.2) is 42.5 Å². The fourth-order valence-corrected chi connectivity index (χ4v) is 1.93. The number of aliphatic hydroxyl groups excluding tert-OH is 1. The number of hydrogen-bond donors (Lipinski definition) is 2. The van der Waals surface area contributed by atoms with Crippen LogP contribution in [0.2, 0.25) is 0 Å². The summed E-state index contributed by atoms with van der Waals surface area (Å²) >= 11 is 0. The van der Waals surface area contributed by atoms with E-state index in [0.717, 1.165) is 23.5 Å². The summed E-state index contributed by atoms with van der Waals surface area (Å²) < 4.78 is 26.0. The molecule has 3 nitrogen and oxygen atoms in total. The Kier molecular flexibility index (Phi) is 4.75. The number of halogens is 2. The Labute approximate surface area is 122 Å². The highest BCUT2D eigenvalue weighted by Crippen LogP contribution is 2.19. The lowest BCUT2D eigenvalue weighted by Gasteiger charge is -2.15. The molecule has 0 aromatic heterocycles. The lowest BCUT2D eigenvalue weighted by Crippen LogP contribution is -2.13. The summed E-state index contributed by atoms with van der Waals surface area (Å²) in [4.78, 5) is 1.99. The zero-order chi connectivity index (χ0) is 15.4. The standard InChI is InChI=1S/C16H18F2N2O/c1-20(2)13-6-4-12(5-7-13)19-10-16(21)11-3-8-14(17)15(18)9-11/h3-9,16,19,21H,10H2,1-2H3. The van der Waals surface area contributed by atoms with Crippen LogP contribution in [-0.4, -0.2) is 25.7 Å². The first-order chi connectivity index (χ1) is 9.97. The molecule has 2 aromatic carbocycles. The number of nitrogens with zero attached hydrogens (tertiary/aromatic N) is 1. The predicted octanol–water partition coefficient (Wildman–Crippen LogP) is 3.18. The molecule has 2 aromatic rings. The first-order valence-electron chi connectivity index (χ1n) is 6.61. The van der Waals surface area contributed by atoms with E-state index in [9.17, 15) is 13.9 Å². The molecule has 0 saturated heterocycles. The highest BCUT2D eigenvalue weighted by molar-refractivity contribution is 5.54. The smallest absolute Gasteiger partial charge is 0.159 e. The third-order valence-corrected chi connectivity index (χ3v) is 3.21. The fourth-order valence-electron chi connectivity index (χ4n) is 1.93. The molecule has 112 valence electrons. The second-order valence-electron chi connectivity index (χ2n) is 5.01. The van der Waals surface area contributed by atoms with Crippen molar-refractivity contribution >= 4 is 11.4 Å². The number of nitrogens with one attached hydrogen (secondary N) is 1. The minimum Gasteiger partial charge on any atom is -0.387 e. The van der Waals surface area contributed by atoms with Crippen LogP contribution in [-0.2, 0) is 0 Å². The Morgan fingerprint density at radius 2 is 1.71 bits per heavy atom. The predicted molar refractivity (Wildman–Crippen MR) is 80.6 cm³/mol. The number of anilines is 2. The van der Waals surface area contributed by atoms with E-state index < -0.39 is 17.7 Å². The Hall–Kier alpha value is -2.14. The minimum atomic E-state index is -0.957. The summed E-state index contributed by atoms with van der Waals surface area (Å²) in [5, 5.41) is 13.0. The van der Waals surface area contributed by atoms with E-state index in [4.69, 9.17) is 0 Å². The van der Waals surface area contributed by atoms with Gasteiger partial charge < -0.3 is 15.3 Å². The maximum Gasteiger partial charge on any atom is 0.159 e. The van der Waals surface area contributed by atoms with Crippen molar-refractivity contribution < 1.29 is 13.9 Å². The number of hydrogen-bond acceptors (Lipinski definition) is 3. The molecule has 1 unspecified atom stereocenters. The Balaban J connectivity index is 1.97. The van der Waals surface area contributed by atoms with E-state index in [-0.39, 0.29) is 6.54 Å². The molecule has 0 spiro atoms. The van der Waals surface area contributed by atoms with Crippen molar-refractivity contribution in [1.29, 1.82) is 0 Å². The zero-order valence-electron chi connectivity index (χ0n) is 12.0. The summed E-state index contributed by atoms with van der Waals surface area (Å²) in [6.45, 7) is 0.215.